The number of anilines is 1. The van der Waals surface area contributed by atoms with Crippen LogP contribution in [0.5, 0.6) is 0 Å². The van der Waals surface area contributed by atoms with Crippen molar-refractivity contribution in [3.05, 3.63) is 82.3 Å². The van der Waals surface area contributed by atoms with Crippen molar-refractivity contribution in [2.45, 2.75) is 13.1 Å². The van der Waals surface area contributed by atoms with Gasteiger partial charge in [-0.15, -0.1) is 0 Å². The molecule has 0 saturated carbocycles. The molecule has 0 spiro atoms. The lowest BCUT2D eigenvalue weighted by Crippen LogP contribution is -2.36. The molecule has 1 aliphatic heterocycles. The fourth-order valence-corrected chi connectivity index (χ4v) is 4.12. The monoisotopic (exact) mass is 462 g/mol. The van der Waals surface area contributed by atoms with E-state index in [1.807, 2.05) is 43.3 Å². The molecule has 1 N–H and O–H groups in total. The van der Waals surface area contributed by atoms with E-state index in [9.17, 15) is 22.8 Å². The summed E-state index contributed by atoms with van der Waals surface area (Å²) in [6.07, 6.45) is -0.918. The van der Waals surface area contributed by atoms with Gasteiger partial charge in [-0.25, -0.2) is 0 Å². The van der Waals surface area contributed by atoms with E-state index in [1.165, 1.54) is 12.1 Å². The van der Waals surface area contributed by atoms with Gasteiger partial charge in [0, 0.05) is 5.69 Å². The average molecular weight is 463 g/mol. The first kappa shape index (κ1) is 22.8. The molecule has 160 valence electrons. The number of carbonyl (C=O) groups is 2. The Morgan fingerprint density at radius 1 is 1.16 bits per heavy atom. The highest BCUT2D eigenvalue weighted by atomic mass is 32.2. The highest BCUT2D eigenvalue weighted by Gasteiger charge is 2.34. The van der Waals surface area contributed by atoms with Crippen molar-refractivity contribution < 1.29 is 22.8 Å². The number of hydrogen-bond acceptors (Lipinski definition) is 4. The van der Waals surface area contributed by atoms with E-state index >= 15 is 0 Å². The highest BCUT2D eigenvalue weighted by molar-refractivity contribution is 8.26. The molecule has 0 bridgehead atoms. The summed E-state index contributed by atoms with van der Waals surface area (Å²) in [5, 5.41) is 2.38. The molecule has 4 nitrogen and oxygen atoms in total. The maximum atomic E-state index is 12.8. The zero-order valence-corrected chi connectivity index (χ0v) is 17.9. The summed E-state index contributed by atoms with van der Waals surface area (Å²) in [6, 6.07) is 13.9. The molecule has 1 saturated heterocycles. The second kappa shape index (κ2) is 9.49. The van der Waals surface area contributed by atoms with Crippen LogP contribution in [-0.2, 0) is 15.8 Å². The van der Waals surface area contributed by atoms with Crippen molar-refractivity contribution >= 4 is 51.9 Å². The summed E-state index contributed by atoms with van der Waals surface area (Å²) in [4.78, 5) is 26.5. The Labute approximate surface area is 186 Å². The lowest BCUT2D eigenvalue weighted by molar-refractivity contribution is -0.137. The van der Waals surface area contributed by atoms with Gasteiger partial charge in [-0.2, -0.15) is 13.2 Å². The predicted molar refractivity (Wildman–Crippen MR) is 120 cm³/mol. The topological polar surface area (TPSA) is 49.4 Å². The molecular weight excluding hydrogens is 445 g/mol. The number of amides is 2. The Hall–Kier alpha value is -2.91. The third-order valence-electron chi connectivity index (χ3n) is 4.20. The second-order valence-corrected chi connectivity index (χ2v) is 8.37. The van der Waals surface area contributed by atoms with Gasteiger partial charge in [0.25, 0.3) is 5.91 Å². The van der Waals surface area contributed by atoms with Gasteiger partial charge in [0.2, 0.25) is 5.91 Å². The zero-order chi connectivity index (χ0) is 22.6. The largest absolute Gasteiger partial charge is 0.416 e. The molecule has 9 heteroatoms. The van der Waals surface area contributed by atoms with Crippen LogP contribution in [0.25, 0.3) is 6.08 Å². The standard InChI is InChI=1S/C22H17F3N2O2S2/c1-14(10-15-6-3-2-4-7-15)11-18-20(29)27(21(30)31-18)13-19(28)26-17-9-5-8-16(12-17)22(23,24)25/h2-12H,13H2,1H3,(H,26,28)/b14-10+,18-11+. The number of thioether (sulfide) groups is 1. The number of thiocarbonyl (C=S) groups is 1. The van der Waals surface area contributed by atoms with Crippen molar-refractivity contribution in [2.75, 3.05) is 11.9 Å². The number of halogens is 3. The summed E-state index contributed by atoms with van der Waals surface area (Å²) in [7, 11) is 0. The fraction of sp³-hybridized carbons (Fsp3) is 0.136. The molecule has 2 aromatic carbocycles. The maximum absolute atomic E-state index is 12.8. The highest BCUT2D eigenvalue weighted by Crippen LogP contribution is 2.33. The summed E-state index contributed by atoms with van der Waals surface area (Å²) < 4.78 is 38.7. The molecule has 0 radical (unpaired) electrons. The second-order valence-electron chi connectivity index (χ2n) is 6.69. The average Bonchev–Trinajstić information content (AvgIpc) is 2.95. The fourth-order valence-electron chi connectivity index (χ4n) is 2.81. The van der Waals surface area contributed by atoms with Gasteiger partial charge >= 0.3 is 6.18 Å². The molecule has 31 heavy (non-hydrogen) atoms. The van der Waals surface area contributed by atoms with E-state index in [0.29, 0.717) is 4.91 Å². The van der Waals surface area contributed by atoms with Crippen LogP contribution in [-0.4, -0.2) is 27.6 Å². The van der Waals surface area contributed by atoms with E-state index in [2.05, 4.69) is 5.32 Å². The summed E-state index contributed by atoms with van der Waals surface area (Å²) in [6.45, 7) is 1.46. The number of alkyl halides is 3. The lowest BCUT2D eigenvalue weighted by Gasteiger charge is -2.15. The molecule has 1 aliphatic rings. The van der Waals surface area contributed by atoms with E-state index in [0.717, 1.165) is 39.9 Å². The van der Waals surface area contributed by atoms with Gasteiger partial charge in [0.1, 0.15) is 10.9 Å². The number of hydrogen-bond donors (Lipinski definition) is 1. The van der Waals surface area contributed by atoms with Gasteiger partial charge in [-0.05, 0) is 42.3 Å². The van der Waals surface area contributed by atoms with Crippen LogP contribution in [0, 0.1) is 0 Å². The van der Waals surface area contributed by atoms with Crippen molar-refractivity contribution in [3.8, 4) is 0 Å². The molecule has 2 aromatic rings. The number of carbonyl (C=O) groups excluding carboxylic acids is 2. The molecule has 3 rings (SSSR count). The van der Waals surface area contributed by atoms with Gasteiger partial charge in [0.05, 0.1) is 10.5 Å². The first-order valence-corrected chi connectivity index (χ1v) is 10.3. The predicted octanol–water partition coefficient (Wildman–Crippen LogP) is 5.49. The van der Waals surface area contributed by atoms with E-state index in [4.69, 9.17) is 12.2 Å². The summed E-state index contributed by atoms with van der Waals surface area (Å²) >= 11 is 6.28. The Morgan fingerprint density at radius 2 is 1.87 bits per heavy atom. The SMILES string of the molecule is CC(=C\c1ccccc1)/C=C1/SC(=S)N(CC(=O)Nc2cccc(C(F)(F)F)c2)C1=O. The third kappa shape index (κ3) is 6.05. The normalized spacial score (nSPS) is 16.2. The van der Waals surface area contributed by atoms with Crippen molar-refractivity contribution in [2.24, 2.45) is 0 Å². The van der Waals surface area contributed by atoms with Gasteiger partial charge in [0.15, 0.2) is 0 Å². The Kier molecular flexibility index (Phi) is 6.97. The first-order valence-electron chi connectivity index (χ1n) is 9.09. The molecule has 0 aliphatic carbocycles. The summed E-state index contributed by atoms with van der Waals surface area (Å²) in [5.41, 5.74) is 0.925. The Bertz CT molecular complexity index is 1080. The van der Waals surface area contributed by atoms with E-state index in [1.54, 1.807) is 6.08 Å². The molecule has 2 amide bonds. The number of nitrogens with zero attached hydrogens (tertiary/aromatic N) is 1. The minimum absolute atomic E-state index is 0.0116. The molecule has 0 atom stereocenters. The molecule has 1 heterocycles. The van der Waals surface area contributed by atoms with Gasteiger partial charge in [-0.3, -0.25) is 14.5 Å². The zero-order valence-electron chi connectivity index (χ0n) is 16.3. The van der Waals surface area contributed by atoms with Crippen molar-refractivity contribution in [1.29, 1.82) is 0 Å². The van der Waals surface area contributed by atoms with Crippen LogP contribution >= 0.6 is 24.0 Å². The van der Waals surface area contributed by atoms with Crippen molar-refractivity contribution in [3.63, 3.8) is 0 Å². The summed E-state index contributed by atoms with van der Waals surface area (Å²) in [5.74, 6) is -1.07. The minimum Gasteiger partial charge on any atom is -0.325 e. The number of allylic oxidation sites excluding steroid dienone is 2. The molecular formula is C22H17F3N2O2S2. The Morgan fingerprint density at radius 3 is 2.55 bits per heavy atom. The van der Waals surface area contributed by atoms with Crippen LogP contribution in [0.3, 0.4) is 0 Å². The van der Waals surface area contributed by atoms with Crippen LogP contribution in [0.15, 0.2) is 71.2 Å². The van der Waals surface area contributed by atoms with Gasteiger partial charge < -0.3 is 5.32 Å². The van der Waals surface area contributed by atoms with E-state index in [-0.39, 0.29) is 16.6 Å². The van der Waals surface area contributed by atoms with E-state index < -0.39 is 23.6 Å². The Balaban J connectivity index is 1.67. The first-order chi connectivity index (χ1) is 14.6. The third-order valence-corrected chi connectivity index (χ3v) is 5.58. The van der Waals surface area contributed by atoms with Crippen LogP contribution in [0.2, 0.25) is 0 Å². The van der Waals surface area contributed by atoms with Crippen molar-refractivity contribution in [1.82, 2.24) is 4.90 Å². The molecule has 0 unspecified atom stereocenters. The van der Waals surface area contributed by atoms with Crippen LogP contribution in [0.4, 0.5) is 18.9 Å². The number of benzene rings is 2. The smallest absolute Gasteiger partial charge is 0.325 e. The molecule has 0 aromatic heterocycles. The maximum Gasteiger partial charge on any atom is 0.416 e. The minimum atomic E-state index is -4.52. The quantitative estimate of drug-likeness (QED) is 0.472. The molecule has 1 fully saturated rings. The number of rotatable bonds is 5. The number of nitrogens with one attached hydrogen (secondary N) is 1. The van der Waals surface area contributed by atoms with Gasteiger partial charge in [-0.1, -0.05) is 66.5 Å². The lowest BCUT2D eigenvalue weighted by atomic mass is 10.1. The van der Waals surface area contributed by atoms with Crippen LogP contribution < -0.4 is 5.32 Å². The van der Waals surface area contributed by atoms with Crippen LogP contribution in [0.1, 0.15) is 18.1 Å².